The predicted octanol–water partition coefficient (Wildman–Crippen LogP) is 2.04. The van der Waals surface area contributed by atoms with Crippen LogP contribution in [0.3, 0.4) is 0 Å². The molecule has 6 nitrogen and oxygen atoms in total. The van der Waals surface area contributed by atoms with Crippen LogP contribution < -0.4 is 21.7 Å². The van der Waals surface area contributed by atoms with E-state index >= 15 is 0 Å². The molecule has 6 heteroatoms. The number of urea groups is 1. The van der Waals surface area contributed by atoms with E-state index in [1.807, 2.05) is 6.92 Å². The summed E-state index contributed by atoms with van der Waals surface area (Å²) in [6, 6.07) is 6.75. The normalized spacial score (nSPS) is 16.3. The second-order valence-electron chi connectivity index (χ2n) is 5.38. The molecule has 1 aromatic rings. The van der Waals surface area contributed by atoms with Crippen molar-refractivity contribution in [2.75, 3.05) is 17.2 Å². The monoisotopic (exact) mass is 290 g/mol. The third-order valence-corrected chi connectivity index (χ3v) is 3.66. The van der Waals surface area contributed by atoms with E-state index in [0.29, 0.717) is 17.9 Å². The third kappa shape index (κ3) is 3.95. The molecule has 1 aliphatic carbocycles. The maximum absolute atomic E-state index is 12.2. The minimum atomic E-state index is -0.761. The number of carbonyl (C=O) groups is 2. The summed E-state index contributed by atoms with van der Waals surface area (Å²) in [6.45, 7) is 2.40. The Kier molecular flexibility index (Phi) is 4.80. The SMILES string of the molecule is CCNC(=O)Nc1cccc(NC(=O)C2(N)CCCC2)c1. The number of hydrogen-bond donors (Lipinski definition) is 4. The van der Waals surface area contributed by atoms with Crippen LogP contribution in [0.25, 0.3) is 0 Å². The fourth-order valence-corrected chi connectivity index (χ4v) is 2.50. The molecule has 0 saturated heterocycles. The van der Waals surface area contributed by atoms with E-state index in [0.717, 1.165) is 25.7 Å². The molecule has 0 heterocycles. The van der Waals surface area contributed by atoms with Gasteiger partial charge in [-0.3, -0.25) is 4.79 Å². The van der Waals surface area contributed by atoms with Crippen LogP contribution in [-0.4, -0.2) is 24.0 Å². The highest BCUT2D eigenvalue weighted by atomic mass is 16.2. The lowest BCUT2D eigenvalue weighted by Crippen LogP contribution is -2.48. The predicted molar refractivity (Wildman–Crippen MR) is 83.2 cm³/mol. The van der Waals surface area contributed by atoms with Gasteiger partial charge < -0.3 is 21.7 Å². The molecule has 0 atom stereocenters. The highest BCUT2D eigenvalue weighted by molar-refractivity contribution is 5.99. The van der Waals surface area contributed by atoms with Gasteiger partial charge in [0.1, 0.15) is 0 Å². The van der Waals surface area contributed by atoms with Crippen molar-refractivity contribution in [2.45, 2.75) is 38.1 Å². The summed E-state index contributed by atoms with van der Waals surface area (Å²) >= 11 is 0. The number of hydrogen-bond acceptors (Lipinski definition) is 3. The van der Waals surface area contributed by atoms with Gasteiger partial charge in [-0.15, -0.1) is 0 Å². The summed E-state index contributed by atoms with van der Waals surface area (Å²) in [5.41, 5.74) is 6.61. The zero-order valence-electron chi connectivity index (χ0n) is 12.2. The molecule has 5 N–H and O–H groups in total. The number of anilines is 2. The van der Waals surface area contributed by atoms with E-state index in [1.54, 1.807) is 24.3 Å². The van der Waals surface area contributed by atoms with Crippen LogP contribution in [-0.2, 0) is 4.79 Å². The van der Waals surface area contributed by atoms with Crippen LogP contribution in [0.1, 0.15) is 32.6 Å². The summed E-state index contributed by atoms with van der Waals surface area (Å²) in [4.78, 5) is 23.7. The van der Waals surface area contributed by atoms with Gasteiger partial charge in [0, 0.05) is 17.9 Å². The molecule has 3 amide bonds. The average Bonchev–Trinajstić information content (AvgIpc) is 2.88. The summed E-state index contributed by atoms with van der Waals surface area (Å²) in [6.07, 6.45) is 3.41. The molecule has 1 aromatic carbocycles. The van der Waals surface area contributed by atoms with Gasteiger partial charge >= 0.3 is 6.03 Å². The van der Waals surface area contributed by atoms with Gasteiger partial charge in [0.15, 0.2) is 0 Å². The molecular formula is C15H22N4O2. The first kappa shape index (κ1) is 15.3. The zero-order chi connectivity index (χ0) is 15.3. The molecule has 0 bridgehead atoms. The van der Waals surface area contributed by atoms with E-state index in [1.165, 1.54) is 0 Å². The zero-order valence-corrected chi connectivity index (χ0v) is 12.2. The van der Waals surface area contributed by atoms with Crippen molar-refractivity contribution in [3.8, 4) is 0 Å². The topological polar surface area (TPSA) is 96.2 Å². The Labute approximate surface area is 124 Å². The van der Waals surface area contributed by atoms with Crippen LogP contribution in [0.2, 0.25) is 0 Å². The lowest BCUT2D eigenvalue weighted by Gasteiger charge is -2.22. The molecule has 0 unspecified atom stereocenters. The van der Waals surface area contributed by atoms with Gasteiger partial charge in [-0.25, -0.2) is 4.79 Å². The Morgan fingerprint density at radius 1 is 1.19 bits per heavy atom. The molecule has 0 spiro atoms. The molecule has 2 rings (SSSR count). The van der Waals surface area contributed by atoms with Crippen LogP contribution in [0.4, 0.5) is 16.2 Å². The largest absolute Gasteiger partial charge is 0.338 e. The van der Waals surface area contributed by atoms with E-state index in [9.17, 15) is 9.59 Å². The lowest BCUT2D eigenvalue weighted by molar-refractivity contribution is -0.121. The molecule has 21 heavy (non-hydrogen) atoms. The van der Waals surface area contributed by atoms with Crippen LogP contribution in [0, 0.1) is 0 Å². The van der Waals surface area contributed by atoms with Crippen molar-refractivity contribution in [1.82, 2.24) is 5.32 Å². The van der Waals surface area contributed by atoms with Gasteiger partial charge in [0.25, 0.3) is 0 Å². The molecule has 1 fully saturated rings. The van der Waals surface area contributed by atoms with Gasteiger partial charge in [0.2, 0.25) is 5.91 Å². The van der Waals surface area contributed by atoms with Gasteiger partial charge in [-0.1, -0.05) is 18.9 Å². The molecule has 0 radical (unpaired) electrons. The Hall–Kier alpha value is -2.08. The second kappa shape index (κ2) is 6.58. The molecule has 1 saturated carbocycles. The van der Waals surface area contributed by atoms with Gasteiger partial charge in [-0.05, 0) is 38.0 Å². The second-order valence-corrected chi connectivity index (χ2v) is 5.38. The minimum absolute atomic E-state index is 0.157. The number of carbonyl (C=O) groups excluding carboxylic acids is 2. The summed E-state index contributed by atoms with van der Waals surface area (Å²) in [5.74, 6) is -0.157. The molecule has 114 valence electrons. The van der Waals surface area contributed by atoms with Crippen molar-refractivity contribution in [2.24, 2.45) is 5.73 Å². The Balaban J connectivity index is 2.00. The van der Waals surface area contributed by atoms with Crippen molar-refractivity contribution < 1.29 is 9.59 Å². The Morgan fingerprint density at radius 2 is 1.81 bits per heavy atom. The fourth-order valence-electron chi connectivity index (χ4n) is 2.50. The number of benzene rings is 1. The van der Waals surface area contributed by atoms with E-state index in [4.69, 9.17) is 5.73 Å². The molecule has 0 aromatic heterocycles. The van der Waals surface area contributed by atoms with Crippen molar-refractivity contribution in [1.29, 1.82) is 0 Å². The van der Waals surface area contributed by atoms with E-state index in [2.05, 4.69) is 16.0 Å². The quantitative estimate of drug-likeness (QED) is 0.683. The third-order valence-electron chi connectivity index (χ3n) is 3.66. The summed E-state index contributed by atoms with van der Waals surface area (Å²) < 4.78 is 0. The van der Waals surface area contributed by atoms with Crippen molar-refractivity contribution in [3.63, 3.8) is 0 Å². The summed E-state index contributed by atoms with van der Waals surface area (Å²) in [5, 5.41) is 8.18. The smallest absolute Gasteiger partial charge is 0.319 e. The minimum Gasteiger partial charge on any atom is -0.338 e. The maximum Gasteiger partial charge on any atom is 0.319 e. The van der Waals surface area contributed by atoms with Crippen LogP contribution in [0.5, 0.6) is 0 Å². The number of nitrogens with two attached hydrogens (primary N) is 1. The fraction of sp³-hybridized carbons (Fsp3) is 0.467. The van der Waals surface area contributed by atoms with E-state index in [-0.39, 0.29) is 11.9 Å². The van der Waals surface area contributed by atoms with Gasteiger partial charge in [-0.2, -0.15) is 0 Å². The first-order chi connectivity index (χ1) is 10.0. The highest BCUT2D eigenvalue weighted by Crippen LogP contribution is 2.28. The van der Waals surface area contributed by atoms with Crippen LogP contribution >= 0.6 is 0 Å². The Bertz CT molecular complexity index is 524. The Morgan fingerprint density at radius 3 is 2.43 bits per heavy atom. The molecule has 1 aliphatic rings. The standard InChI is InChI=1S/C15H22N4O2/c1-2-17-14(21)19-12-7-5-6-11(10-12)18-13(20)15(16)8-3-4-9-15/h5-7,10H,2-4,8-9,16H2,1H3,(H,18,20)(H2,17,19,21). The van der Waals surface area contributed by atoms with E-state index < -0.39 is 5.54 Å². The van der Waals surface area contributed by atoms with Crippen molar-refractivity contribution >= 4 is 23.3 Å². The number of amides is 3. The summed E-state index contributed by atoms with van der Waals surface area (Å²) in [7, 11) is 0. The number of rotatable bonds is 4. The van der Waals surface area contributed by atoms with Crippen LogP contribution in [0.15, 0.2) is 24.3 Å². The maximum atomic E-state index is 12.2. The van der Waals surface area contributed by atoms with Crippen molar-refractivity contribution in [3.05, 3.63) is 24.3 Å². The molecule has 0 aliphatic heterocycles. The number of nitrogens with one attached hydrogen (secondary N) is 3. The highest BCUT2D eigenvalue weighted by Gasteiger charge is 2.36. The van der Waals surface area contributed by atoms with Gasteiger partial charge in [0.05, 0.1) is 5.54 Å². The first-order valence-corrected chi connectivity index (χ1v) is 7.29. The lowest BCUT2D eigenvalue weighted by atomic mass is 9.98. The average molecular weight is 290 g/mol. The first-order valence-electron chi connectivity index (χ1n) is 7.29. The molecular weight excluding hydrogens is 268 g/mol.